The largest absolute Gasteiger partial charge is 0.507 e. The number of hydrogen-bond acceptors (Lipinski definition) is 3. The molecule has 2 saturated heterocycles. The topological polar surface area (TPSA) is 69.6 Å². The van der Waals surface area contributed by atoms with Gasteiger partial charge in [0.2, 0.25) is 5.91 Å². The van der Waals surface area contributed by atoms with E-state index < -0.39 is 0 Å². The van der Waals surface area contributed by atoms with E-state index in [-0.39, 0.29) is 23.9 Å². The van der Waals surface area contributed by atoms with Crippen molar-refractivity contribution in [2.24, 2.45) is 0 Å². The number of nitrogens with zero attached hydrogens (tertiary/aromatic N) is 1. The number of nitrogens with one attached hydrogen (secondary N) is 1. The lowest BCUT2D eigenvalue weighted by Crippen LogP contribution is -2.42. The molecule has 0 radical (unpaired) electrons. The number of carbonyl (C=O) groups excluding carboxylic acids is 2. The zero-order valence-corrected chi connectivity index (χ0v) is 18.6. The molecule has 2 fully saturated rings. The first-order valence-electron chi connectivity index (χ1n) is 12.1. The minimum Gasteiger partial charge on any atom is -0.507 e. The van der Waals surface area contributed by atoms with Crippen LogP contribution in [-0.2, 0) is 17.6 Å². The number of phenolic OH excluding ortho intramolecular Hbond substituents is 1. The molecule has 1 aliphatic carbocycles. The normalized spacial score (nSPS) is 22.1. The van der Waals surface area contributed by atoms with Crippen molar-refractivity contribution in [3.63, 3.8) is 0 Å². The Morgan fingerprint density at radius 2 is 1.82 bits per heavy atom. The molecule has 0 aromatic heterocycles. The maximum atomic E-state index is 13.5. The number of fused-ring (bicyclic) bond motifs is 4. The van der Waals surface area contributed by atoms with Crippen LogP contribution in [0, 0.1) is 0 Å². The molecular weight excluding hydrogens is 412 g/mol. The zero-order valence-electron chi connectivity index (χ0n) is 18.6. The minimum atomic E-state index is -0.0144. The minimum absolute atomic E-state index is 0.00271. The number of phenols is 1. The van der Waals surface area contributed by atoms with Gasteiger partial charge in [-0.2, -0.15) is 0 Å². The van der Waals surface area contributed by atoms with Crippen LogP contribution in [0.4, 0.5) is 0 Å². The van der Waals surface area contributed by atoms with Crippen molar-refractivity contribution < 1.29 is 14.7 Å². The van der Waals surface area contributed by atoms with Gasteiger partial charge in [0.05, 0.1) is 0 Å². The van der Waals surface area contributed by atoms with Crippen LogP contribution in [-0.4, -0.2) is 40.4 Å². The molecule has 2 heterocycles. The molecule has 6 rings (SSSR count). The van der Waals surface area contributed by atoms with Crippen molar-refractivity contribution >= 4 is 22.6 Å². The summed E-state index contributed by atoms with van der Waals surface area (Å²) in [5, 5.41) is 16.0. The van der Waals surface area contributed by atoms with E-state index in [1.54, 1.807) is 0 Å². The van der Waals surface area contributed by atoms with Crippen molar-refractivity contribution in [1.82, 2.24) is 10.2 Å². The van der Waals surface area contributed by atoms with E-state index in [0.29, 0.717) is 24.3 Å². The first-order chi connectivity index (χ1) is 16.1. The predicted octanol–water partition coefficient (Wildman–Crippen LogP) is 4.58. The smallest absolute Gasteiger partial charge is 0.254 e. The van der Waals surface area contributed by atoms with Crippen LogP contribution in [0.1, 0.15) is 53.6 Å². The van der Waals surface area contributed by atoms with Gasteiger partial charge in [0, 0.05) is 36.2 Å². The Morgan fingerprint density at radius 3 is 2.73 bits per heavy atom. The number of benzene rings is 3. The number of aromatic hydroxyl groups is 1. The van der Waals surface area contributed by atoms with E-state index in [1.165, 1.54) is 12.0 Å². The van der Waals surface area contributed by atoms with Crippen LogP contribution in [0.3, 0.4) is 0 Å². The lowest BCUT2D eigenvalue weighted by molar-refractivity contribution is -0.121. The molecule has 2 amide bonds. The maximum absolute atomic E-state index is 13.5. The van der Waals surface area contributed by atoms with Gasteiger partial charge in [-0.05, 0) is 78.1 Å². The quantitative estimate of drug-likeness (QED) is 0.613. The van der Waals surface area contributed by atoms with Crippen LogP contribution in [0.15, 0.2) is 48.5 Å². The highest BCUT2D eigenvalue weighted by Gasteiger charge is 2.40. The second-order valence-corrected chi connectivity index (χ2v) is 9.65. The Bertz CT molecular complexity index is 1280. The van der Waals surface area contributed by atoms with Crippen molar-refractivity contribution in [3.8, 4) is 16.9 Å². The van der Waals surface area contributed by atoms with Gasteiger partial charge >= 0.3 is 0 Å². The highest BCUT2D eigenvalue weighted by molar-refractivity contribution is 6.03. The summed E-state index contributed by atoms with van der Waals surface area (Å²) in [6.45, 7) is 0.538. The first-order valence-corrected chi connectivity index (χ1v) is 12.1. The summed E-state index contributed by atoms with van der Waals surface area (Å²) in [6.07, 6.45) is 6.46. The maximum Gasteiger partial charge on any atom is 0.254 e. The molecule has 168 valence electrons. The van der Waals surface area contributed by atoms with Crippen LogP contribution in [0.2, 0.25) is 0 Å². The van der Waals surface area contributed by atoms with Gasteiger partial charge in [-0.25, -0.2) is 0 Å². The highest BCUT2D eigenvalue weighted by atomic mass is 16.3. The van der Waals surface area contributed by atoms with Gasteiger partial charge in [0.15, 0.2) is 0 Å². The summed E-state index contributed by atoms with van der Waals surface area (Å²) < 4.78 is 0. The summed E-state index contributed by atoms with van der Waals surface area (Å²) in [5.74, 6) is 0.439. The van der Waals surface area contributed by atoms with Crippen LogP contribution >= 0.6 is 0 Å². The van der Waals surface area contributed by atoms with Crippen LogP contribution < -0.4 is 5.32 Å². The molecular formula is C28H28N2O3. The van der Waals surface area contributed by atoms with Gasteiger partial charge in [-0.1, -0.05) is 36.4 Å². The Hall–Kier alpha value is -3.34. The van der Waals surface area contributed by atoms with Gasteiger partial charge in [0.1, 0.15) is 5.75 Å². The Labute approximate surface area is 193 Å². The second-order valence-electron chi connectivity index (χ2n) is 9.65. The molecule has 5 nitrogen and oxygen atoms in total. The number of carbonyl (C=O) groups is 2. The van der Waals surface area contributed by atoms with E-state index in [2.05, 4.69) is 11.4 Å². The number of aryl methyl sites for hydroxylation is 1. The average Bonchev–Trinajstić information content (AvgIpc) is 3.15. The number of rotatable bonds is 2. The highest BCUT2D eigenvalue weighted by Crippen LogP contribution is 2.40. The molecule has 33 heavy (non-hydrogen) atoms. The van der Waals surface area contributed by atoms with Gasteiger partial charge in [-0.15, -0.1) is 0 Å². The third kappa shape index (κ3) is 3.38. The lowest BCUT2D eigenvalue weighted by atomic mass is 9.87. The van der Waals surface area contributed by atoms with Gasteiger partial charge in [-0.3, -0.25) is 9.59 Å². The Kier molecular flexibility index (Phi) is 4.86. The average molecular weight is 441 g/mol. The number of hydrogen-bond donors (Lipinski definition) is 2. The van der Waals surface area contributed by atoms with Crippen molar-refractivity contribution in [1.29, 1.82) is 0 Å². The van der Waals surface area contributed by atoms with E-state index in [4.69, 9.17) is 0 Å². The van der Waals surface area contributed by atoms with Crippen molar-refractivity contribution in [2.45, 2.75) is 57.0 Å². The monoisotopic (exact) mass is 440 g/mol. The van der Waals surface area contributed by atoms with Gasteiger partial charge < -0.3 is 15.3 Å². The Morgan fingerprint density at radius 1 is 0.970 bits per heavy atom. The molecule has 0 spiro atoms. The molecule has 2 bridgehead atoms. The fourth-order valence-electron chi connectivity index (χ4n) is 6.04. The predicted molar refractivity (Wildman–Crippen MR) is 128 cm³/mol. The summed E-state index contributed by atoms with van der Waals surface area (Å²) in [4.78, 5) is 27.4. The third-order valence-corrected chi connectivity index (χ3v) is 7.73. The standard InChI is InChI=1S/C28H28N2O3/c31-26-15-20-10-11-21(16-29-26)30(20)28(33)19-9-12-22-18(14-19)5-3-7-24(22)25-13-8-17-4-1-2-6-23(17)27(25)32/h3,5,7-9,12-14,20-21,32H,1-2,4,6,10-11,15-16H2,(H,29,31)/t20-,21+/m1/s1. The van der Waals surface area contributed by atoms with E-state index >= 15 is 0 Å². The fourth-order valence-corrected chi connectivity index (χ4v) is 6.04. The molecule has 0 unspecified atom stereocenters. The van der Waals surface area contributed by atoms with Gasteiger partial charge in [0.25, 0.3) is 5.91 Å². The second kappa shape index (κ2) is 7.91. The molecule has 2 atom stereocenters. The summed E-state index contributed by atoms with van der Waals surface area (Å²) in [5.41, 5.74) is 4.84. The van der Waals surface area contributed by atoms with Crippen LogP contribution in [0.5, 0.6) is 5.75 Å². The summed E-state index contributed by atoms with van der Waals surface area (Å²) >= 11 is 0. The third-order valence-electron chi connectivity index (χ3n) is 7.73. The van der Waals surface area contributed by atoms with E-state index in [1.807, 2.05) is 47.4 Å². The first kappa shape index (κ1) is 20.3. The van der Waals surface area contributed by atoms with Crippen molar-refractivity contribution in [2.75, 3.05) is 6.54 Å². The molecule has 0 saturated carbocycles. The molecule has 2 aliphatic heterocycles. The summed E-state index contributed by atoms with van der Waals surface area (Å²) in [7, 11) is 0. The van der Waals surface area contributed by atoms with Crippen LogP contribution in [0.25, 0.3) is 21.9 Å². The van der Waals surface area contributed by atoms with Crippen molar-refractivity contribution in [3.05, 3.63) is 65.2 Å². The van der Waals surface area contributed by atoms with E-state index in [9.17, 15) is 14.7 Å². The molecule has 5 heteroatoms. The molecule has 2 N–H and O–H groups in total. The fraction of sp³-hybridized carbons (Fsp3) is 0.357. The Balaban J connectivity index is 1.38. The van der Waals surface area contributed by atoms with E-state index in [0.717, 1.165) is 59.6 Å². The lowest BCUT2D eigenvalue weighted by Gasteiger charge is -2.27. The molecule has 3 aromatic carbocycles. The SMILES string of the molecule is O=C1C[C@H]2CC[C@@H](CN1)N2C(=O)c1ccc2c(-c3ccc4c(c3O)CCCC4)cccc2c1. The zero-order chi connectivity index (χ0) is 22.5. The molecule has 3 aliphatic rings. The summed E-state index contributed by atoms with van der Waals surface area (Å²) in [6, 6.07) is 16.1. The molecule has 3 aromatic rings. The number of amides is 2.